The number of epoxide rings is 1. The molecule has 0 spiro atoms. The van der Waals surface area contributed by atoms with Gasteiger partial charge in [-0.25, -0.2) is 0 Å². The van der Waals surface area contributed by atoms with Crippen molar-refractivity contribution in [2.45, 2.75) is 25.0 Å². The molecule has 0 aromatic carbocycles. The van der Waals surface area contributed by atoms with Crippen molar-refractivity contribution in [3.63, 3.8) is 0 Å². The lowest BCUT2D eigenvalue weighted by atomic mass is 9.96. The summed E-state index contributed by atoms with van der Waals surface area (Å²) in [6, 6.07) is 0. The lowest BCUT2D eigenvalue weighted by Crippen LogP contribution is -2.14. The highest BCUT2D eigenvalue weighted by atomic mass is 16.6. The summed E-state index contributed by atoms with van der Waals surface area (Å²) in [6.45, 7) is 6.49. The topological polar surface area (TPSA) is 21.8 Å². The lowest BCUT2D eigenvalue weighted by Gasteiger charge is -2.11. The van der Waals surface area contributed by atoms with Crippen LogP contribution < -0.4 is 0 Å². The second-order valence-electron chi connectivity index (χ2n) is 3.39. The molecule has 1 aliphatic carbocycles. The molecule has 0 bridgehead atoms. The van der Waals surface area contributed by atoms with Crippen LogP contribution in [0.25, 0.3) is 0 Å². The number of hydrogen-bond donors (Lipinski definition) is 0. The Kier molecular flexibility index (Phi) is 2.00. The molecule has 2 rings (SSSR count). The lowest BCUT2D eigenvalue weighted by molar-refractivity contribution is 0.202. The minimum Gasteiger partial charge on any atom is -0.499 e. The second kappa shape index (κ2) is 3.04. The maximum absolute atomic E-state index is 5.57. The van der Waals surface area contributed by atoms with Crippen molar-refractivity contribution >= 4 is 0 Å². The van der Waals surface area contributed by atoms with Crippen LogP contribution in [-0.4, -0.2) is 18.3 Å². The summed E-state index contributed by atoms with van der Waals surface area (Å²) in [6.07, 6.45) is 9.20. The predicted octanol–water partition coefficient (Wildman–Crippen LogP) is 2.19. The molecule has 0 radical (unpaired) electrons. The van der Waals surface area contributed by atoms with Crippen LogP contribution in [0, 0.1) is 0 Å². The molecular weight excluding hydrogens is 164 g/mol. The van der Waals surface area contributed by atoms with E-state index in [0.29, 0.717) is 6.61 Å². The smallest absolute Gasteiger partial charge is 0.124 e. The molecule has 2 nitrogen and oxygen atoms in total. The first-order valence-corrected chi connectivity index (χ1v) is 4.61. The Morgan fingerprint density at radius 3 is 3.15 bits per heavy atom. The van der Waals surface area contributed by atoms with Gasteiger partial charge in [0.1, 0.15) is 11.7 Å². The van der Waals surface area contributed by atoms with Gasteiger partial charge < -0.3 is 9.47 Å². The zero-order valence-electron chi connectivity index (χ0n) is 7.82. The van der Waals surface area contributed by atoms with E-state index in [2.05, 4.69) is 18.7 Å². The number of ether oxygens (including phenoxy) is 2. The third-order valence-corrected chi connectivity index (χ3v) is 2.37. The molecule has 1 saturated heterocycles. The van der Waals surface area contributed by atoms with Crippen molar-refractivity contribution in [2.24, 2.45) is 0 Å². The van der Waals surface area contributed by atoms with Gasteiger partial charge in [0.15, 0.2) is 0 Å². The highest BCUT2D eigenvalue weighted by Crippen LogP contribution is 2.45. The molecule has 13 heavy (non-hydrogen) atoms. The standard InChI is InChI=1S/C11H14O2/c1-3-12-9(2)8-11-7-5-4-6-10(11)13-11/h4-7,10H,2-3,8H2,1H3. The number of hydrogen-bond acceptors (Lipinski definition) is 2. The summed E-state index contributed by atoms with van der Waals surface area (Å²) in [7, 11) is 0. The van der Waals surface area contributed by atoms with E-state index in [1.807, 2.05) is 19.1 Å². The van der Waals surface area contributed by atoms with Crippen LogP contribution in [0.3, 0.4) is 0 Å². The second-order valence-corrected chi connectivity index (χ2v) is 3.39. The normalized spacial score (nSPS) is 34.1. The van der Waals surface area contributed by atoms with E-state index in [0.717, 1.165) is 12.2 Å². The average molecular weight is 178 g/mol. The Bertz CT molecular complexity index is 278. The van der Waals surface area contributed by atoms with Crippen LogP contribution in [0.4, 0.5) is 0 Å². The molecule has 0 amide bonds. The van der Waals surface area contributed by atoms with Crippen LogP contribution in [0.15, 0.2) is 36.6 Å². The van der Waals surface area contributed by atoms with Crippen molar-refractivity contribution in [2.75, 3.05) is 6.61 Å². The van der Waals surface area contributed by atoms with Gasteiger partial charge in [-0.3, -0.25) is 0 Å². The van der Waals surface area contributed by atoms with Gasteiger partial charge in [-0.05, 0) is 13.0 Å². The SMILES string of the molecule is C=C(CC12C=CC=CC1O2)OCC. The fourth-order valence-corrected chi connectivity index (χ4v) is 1.69. The van der Waals surface area contributed by atoms with Crippen LogP contribution in [-0.2, 0) is 9.47 Å². The predicted molar refractivity (Wildman–Crippen MR) is 51.3 cm³/mol. The highest BCUT2D eigenvalue weighted by molar-refractivity contribution is 5.32. The Morgan fingerprint density at radius 1 is 1.62 bits per heavy atom. The van der Waals surface area contributed by atoms with Crippen molar-refractivity contribution < 1.29 is 9.47 Å². The van der Waals surface area contributed by atoms with E-state index in [1.54, 1.807) is 0 Å². The highest BCUT2D eigenvalue weighted by Gasteiger charge is 2.54. The molecule has 0 N–H and O–H groups in total. The maximum atomic E-state index is 5.57. The summed E-state index contributed by atoms with van der Waals surface area (Å²) in [5.41, 5.74) is -0.124. The van der Waals surface area contributed by atoms with Crippen molar-refractivity contribution in [1.82, 2.24) is 0 Å². The fourth-order valence-electron chi connectivity index (χ4n) is 1.69. The van der Waals surface area contributed by atoms with Gasteiger partial charge in [0, 0.05) is 6.42 Å². The van der Waals surface area contributed by atoms with E-state index in [1.165, 1.54) is 0 Å². The van der Waals surface area contributed by atoms with E-state index >= 15 is 0 Å². The van der Waals surface area contributed by atoms with Crippen LogP contribution in [0.2, 0.25) is 0 Å². The minimum atomic E-state index is -0.124. The van der Waals surface area contributed by atoms with Gasteiger partial charge in [-0.2, -0.15) is 0 Å². The van der Waals surface area contributed by atoms with E-state index in [4.69, 9.17) is 9.47 Å². The van der Waals surface area contributed by atoms with E-state index in [-0.39, 0.29) is 11.7 Å². The van der Waals surface area contributed by atoms with Crippen molar-refractivity contribution in [3.8, 4) is 0 Å². The molecule has 0 saturated carbocycles. The molecule has 2 aliphatic rings. The molecule has 0 aromatic heterocycles. The van der Waals surface area contributed by atoms with E-state index in [9.17, 15) is 0 Å². The monoisotopic (exact) mass is 178 g/mol. The third kappa shape index (κ3) is 1.54. The van der Waals surface area contributed by atoms with Gasteiger partial charge >= 0.3 is 0 Å². The van der Waals surface area contributed by atoms with Gasteiger partial charge in [0.25, 0.3) is 0 Å². The molecule has 2 atom stereocenters. The van der Waals surface area contributed by atoms with Gasteiger partial charge in [-0.1, -0.05) is 24.8 Å². The number of fused-ring (bicyclic) bond motifs is 1. The zero-order valence-corrected chi connectivity index (χ0v) is 7.82. The van der Waals surface area contributed by atoms with Crippen molar-refractivity contribution in [1.29, 1.82) is 0 Å². The van der Waals surface area contributed by atoms with Crippen LogP contribution >= 0.6 is 0 Å². The van der Waals surface area contributed by atoms with Crippen molar-refractivity contribution in [3.05, 3.63) is 36.6 Å². The average Bonchev–Trinajstić information content (AvgIpc) is 2.78. The Balaban J connectivity index is 1.93. The first kappa shape index (κ1) is 8.57. The summed E-state index contributed by atoms with van der Waals surface area (Å²) in [4.78, 5) is 0. The van der Waals surface area contributed by atoms with E-state index < -0.39 is 0 Å². The Hall–Kier alpha value is -1.02. The summed E-state index contributed by atoms with van der Waals surface area (Å²) < 4.78 is 10.9. The number of rotatable bonds is 4. The molecule has 2 heteroatoms. The first-order chi connectivity index (χ1) is 6.27. The summed E-state index contributed by atoms with van der Waals surface area (Å²) >= 11 is 0. The van der Waals surface area contributed by atoms with Gasteiger partial charge in [-0.15, -0.1) is 0 Å². The van der Waals surface area contributed by atoms with Crippen LogP contribution in [0.1, 0.15) is 13.3 Å². The zero-order chi connectivity index (χ0) is 9.31. The minimum absolute atomic E-state index is 0.124. The molecule has 1 heterocycles. The van der Waals surface area contributed by atoms with Gasteiger partial charge in [0.05, 0.1) is 12.4 Å². The quantitative estimate of drug-likeness (QED) is 0.486. The third-order valence-electron chi connectivity index (χ3n) is 2.37. The van der Waals surface area contributed by atoms with Gasteiger partial charge in [0.2, 0.25) is 0 Å². The summed E-state index contributed by atoms with van der Waals surface area (Å²) in [5, 5.41) is 0. The van der Waals surface area contributed by atoms with Crippen LogP contribution in [0.5, 0.6) is 0 Å². The molecule has 0 aromatic rings. The largest absolute Gasteiger partial charge is 0.499 e. The Labute approximate surface area is 78.5 Å². The fraction of sp³-hybridized carbons (Fsp3) is 0.455. The molecule has 70 valence electrons. The molecular formula is C11H14O2. The molecule has 1 aliphatic heterocycles. The molecule has 1 fully saturated rings. The Morgan fingerprint density at radius 2 is 2.46 bits per heavy atom. The number of allylic oxidation sites excluding steroid dienone is 2. The maximum Gasteiger partial charge on any atom is 0.124 e. The molecule has 2 unspecified atom stereocenters. The first-order valence-electron chi connectivity index (χ1n) is 4.61. The summed E-state index contributed by atoms with van der Waals surface area (Å²) in [5.74, 6) is 0.810.